The second kappa shape index (κ2) is 7.69. The van der Waals surface area contributed by atoms with E-state index >= 15 is 0 Å². The third-order valence-corrected chi connectivity index (χ3v) is 13.6. The van der Waals surface area contributed by atoms with E-state index in [1.165, 1.54) is 51.4 Å². The average molecular weight is 461 g/mol. The van der Waals surface area contributed by atoms with Crippen molar-refractivity contribution in [3.63, 3.8) is 0 Å². The van der Waals surface area contributed by atoms with E-state index in [-0.39, 0.29) is 23.7 Å². The van der Waals surface area contributed by atoms with Crippen LogP contribution in [0, 0.1) is 50.7 Å². The molecule has 5 aliphatic carbocycles. The second-order valence-electron chi connectivity index (χ2n) is 14.6. The summed E-state index contributed by atoms with van der Waals surface area (Å²) >= 11 is 0. The summed E-state index contributed by atoms with van der Waals surface area (Å²) < 4.78 is 5.57. The van der Waals surface area contributed by atoms with Crippen molar-refractivity contribution in [2.75, 3.05) is 7.11 Å². The van der Waals surface area contributed by atoms with E-state index in [2.05, 4.69) is 34.6 Å². The van der Waals surface area contributed by atoms with E-state index < -0.39 is 0 Å². The first-order valence-electron chi connectivity index (χ1n) is 14.3. The molecule has 0 amide bonds. The predicted octanol–water partition coefficient (Wildman–Crippen LogP) is 6.60. The van der Waals surface area contributed by atoms with Crippen LogP contribution in [-0.2, 0) is 4.74 Å². The zero-order chi connectivity index (χ0) is 24.0. The lowest BCUT2D eigenvalue weighted by atomic mass is 9.41. The normalized spacial score (nSPS) is 52.6. The summed E-state index contributed by atoms with van der Waals surface area (Å²) in [5.74, 6) is 3.09. The van der Waals surface area contributed by atoms with Gasteiger partial charge in [0.1, 0.15) is 0 Å². The summed E-state index contributed by atoms with van der Waals surface area (Å²) in [6.45, 7) is 14.5. The molecule has 0 radical (unpaired) electrons. The topological polar surface area (TPSA) is 49.7 Å². The molecular weight excluding hydrogens is 408 g/mol. The van der Waals surface area contributed by atoms with Crippen LogP contribution in [0.25, 0.3) is 0 Å². The molecule has 0 aromatic rings. The van der Waals surface area contributed by atoms with Gasteiger partial charge in [-0.2, -0.15) is 0 Å². The maximum Gasteiger partial charge on any atom is 0.0827 e. The highest BCUT2D eigenvalue weighted by atomic mass is 16.5. The molecule has 190 valence electrons. The molecule has 11 atom stereocenters. The SMILES string of the molecule is COC(CCC(C)C1CCC2(C)C3CCC4C(C)(C)C(O)CCC45CC35CCC12C)C(C)O. The van der Waals surface area contributed by atoms with Crippen molar-refractivity contribution in [2.24, 2.45) is 50.7 Å². The van der Waals surface area contributed by atoms with Gasteiger partial charge in [-0.1, -0.05) is 34.6 Å². The summed E-state index contributed by atoms with van der Waals surface area (Å²) in [5.41, 5.74) is 2.10. The third-order valence-electron chi connectivity index (χ3n) is 13.6. The van der Waals surface area contributed by atoms with Gasteiger partial charge in [0, 0.05) is 7.11 Å². The molecule has 0 saturated heterocycles. The standard InChI is InChI=1S/C30H52O3/c1-19(8-9-22(33-7)20(2)31)21-12-14-28(6)24-11-10-23-26(3,4)25(32)13-15-29(23)18-30(24,29)17-16-27(21,28)5/h19-25,31-32H,8-18H2,1-7H3. The van der Waals surface area contributed by atoms with Gasteiger partial charge in [-0.05, 0) is 128 Å². The molecule has 5 saturated carbocycles. The molecule has 33 heavy (non-hydrogen) atoms. The van der Waals surface area contributed by atoms with Crippen LogP contribution >= 0.6 is 0 Å². The lowest BCUT2D eigenvalue weighted by Gasteiger charge is -2.63. The summed E-state index contributed by atoms with van der Waals surface area (Å²) in [4.78, 5) is 0. The summed E-state index contributed by atoms with van der Waals surface area (Å²) in [6, 6.07) is 0. The highest BCUT2D eigenvalue weighted by Crippen LogP contribution is 2.89. The molecule has 11 unspecified atom stereocenters. The minimum atomic E-state index is -0.388. The molecule has 5 aliphatic rings. The molecule has 2 N–H and O–H groups in total. The van der Waals surface area contributed by atoms with Crippen LogP contribution < -0.4 is 0 Å². The number of aliphatic hydroxyl groups excluding tert-OH is 2. The first kappa shape index (κ1) is 24.6. The van der Waals surface area contributed by atoms with Crippen LogP contribution in [0.15, 0.2) is 0 Å². The Hall–Kier alpha value is -0.120. The minimum Gasteiger partial charge on any atom is -0.393 e. The summed E-state index contributed by atoms with van der Waals surface area (Å²) in [5, 5.41) is 20.9. The Labute approximate surface area is 203 Å². The van der Waals surface area contributed by atoms with Crippen molar-refractivity contribution >= 4 is 0 Å². The number of hydrogen-bond donors (Lipinski definition) is 2. The molecule has 5 fully saturated rings. The monoisotopic (exact) mass is 460 g/mol. The Kier molecular flexibility index (Phi) is 5.72. The first-order valence-corrected chi connectivity index (χ1v) is 14.3. The lowest BCUT2D eigenvalue weighted by molar-refractivity contribution is -0.161. The molecular formula is C30H52O3. The van der Waals surface area contributed by atoms with Crippen molar-refractivity contribution in [1.82, 2.24) is 0 Å². The smallest absolute Gasteiger partial charge is 0.0827 e. The van der Waals surface area contributed by atoms with Crippen molar-refractivity contribution < 1.29 is 14.9 Å². The van der Waals surface area contributed by atoms with Crippen LogP contribution in [0.5, 0.6) is 0 Å². The van der Waals surface area contributed by atoms with Gasteiger partial charge in [-0.3, -0.25) is 0 Å². The first-order chi connectivity index (χ1) is 15.4. The second-order valence-corrected chi connectivity index (χ2v) is 14.6. The van der Waals surface area contributed by atoms with E-state index in [1.807, 2.05) is 6.92 Å². The van der Waals surface area contributed by atoms with E-state index in [0.717, 1.165) is 37.0 Å². The van der Waals surface area contributed by atoms with Crippen molar-refractivity contribution in [1.29, 1.82) is 0 Å². The molecule has 3 heteroatoms. The Morgan fingerprint density at radius 3 is 2.15 bits per heavy atom. The number of rotatable bonds is 6. The molecule has 0 aliphatic heterocycles. The number of aliphatic hydroxyl groups is 2. The number of fused-ring (bicyclic) bond motifs is 2. The lowest BCUT2D eigenvalue weighted by Crippen LogP contribution is -2.57. The van der Waals surface area contributed by atoms with Gasteiger partial charge in [0.15, 0.2) is 0 Å². The Morgan fingerprint density at radius 1 is 0.818 bits per heavy atom. The molecule has 3 nitrogen and oxygen atoms in total. The molecule has 0 aromatic carbocycles. The van der Waals surface area contributed by atoms with Gasteiger partial charge < -0.3 is 14.9 Å². The third kappa shape index (κ3) is 3.03. The maximum absolute atomic E-state index is 10.9. The highest BCUT2D eigenvalue weighted by Gasteiger charge is 2.82. The fraction of sp³-hybridized carbons (Fsp3) is 1.00. The van der Waals surface area contributed by atoms with Gasteiger partial charge in [-0.25, -0.2) is 0 Å². The van der Waals surface area contributed by atoms with E-state index in [9.17, 15) is 10.2 Å². The van der Waals surface area contributed by atoms with Gasteiger partial charge in [0.05, 0.1) is 18.3 Å². The predicted molar refractivity (Wildman–Crippen MR) is 134 cm³/mol. The van der Waals surface area contributed by atoms with Gasteiger partial charge in [-0.15, -0.1) is 0 Å². The fourth-order valence-corrected chi connectivity index (χ4v) is 11.5. The Bertz CT molecular complexity index is 762. The van der Waals surface area contributed by atoms with Gasteiger partial charge in [0.2, 0.25) is 0 Å². The summed E-state index contributed by atoms with van der Waals surface area (Å²) in [7, 11) is 1.74. The number of hydrogen-bond acceptors (Lipinski definition) is 3. The number of ether oxygens (including phenoxy) is 1. The molecule has 0 aromatic heterocycles. The number of methoxy groups -OCH3 is 1. The van der Waals surface area contributed by atoms with E-state index in [1.54, 1.807) is 7.11 Å². The fourth-order valence-electron chi connectivity index (χ4n) is 11.5. The molecule has 0 heterocycles. The van der Waals surface area contributed by atoms with Crippen molar-refractivity contribution in [2.45, 2.75) is 130 Å². The zero-order valence-electron chi connectivity index (χ0n) is 22.6. The van der Waals surface area contributed by atoms with E-state index in [0.29, 0.717) is 27.6 Å². The Balaban J connectivity index is 1.37. The van der Waals surface area contributed by atoms with Crippen LogP contribution in [0.1, 0.15) is 112 Å². The van der Waals surface area contributed by atoms with Crippen molar-refractivity contribution in [3.8, 4) is 0 Å². The van der Waals surface area contributed by atoms with E-state index in [4.69, 9.17) is 4.74 Å². The minimum absolute atomic E-state index is 0.0331. The zero-order valence-corrected chi connectivity index (χ0v) is 22.6. The van der Waals surface area contributed by atoms with Crippen molar-refractivity contribution in [3.05, 3.63) is 0 Å². The van der Waals surface area contributed by atoms with Crippen LogP contribution in [0.2, 0.25) is 0 Å². The molecule has 5 rings (SSSR count). The average Bonchev–Trinajstić information content (AvgIpc) is 3.34. The van der Waals surface area contributed by atoms with Gasteiger partial charge >= 0.3 is 0 Å². The van der Waals surface area contributed by atoms with Crippen LogP contribution in [0.3, 0.4) is 0 Å². The largest absolute Gasteiger partial charge is 0.393 e. The Morgan fingerprint density at radius 2 is 1.48 bits per heavy atom. The maximum atomic E-state index is 10.9. The van der Waals surface area contributed by atoms with Crippen LogP contribution in [0.4, 0.5) is 0 Å². The quantitative estimate of drug-likeness (QED) is 0.469. The molecule has 0 bridgehead atoms. The summed E-state index contributed by atoms with van der Waals surface area (Å²) in [6.07, 6.45) is 13.7. The molecule has 2 spiro atoms. The highest BCUT2D eigenvalue weighted by molar-refractivity contribution is 5.30. The van der Waals surface area contributed by atoms with Crippen LogP contribution in [-0.4, -0.2) is 35.6 Å². The van der Waals surface area contributed by atoms with Gasteiger partial charge in [0.25, 0.3) is 0 Å².